The summed E-state index contributed by atoms with van der Waals surface area (Å²) < 4.78 is 0. The van der Waals surface area contributed by atoms with E-state index in [0.717, 1.165) is 39.1 Å². The first-order chi connectivity index (χ1) is 13.6. The highest BCUT2D eigenvalue weighted by Gasteiger charge is 2.27. The van der Waals surface area contributed by atoms with Crippen LogP contribution in [0.25, 0.3) is 0 Å². The van der Waals surface area contributed by atoms with Crippen molar-refractivity contribution in [2.24, 2.45) is 0 Å². The van der Waals surface area contributed by atoms with Gasteiger partial charge in [-0.1, -0.05) is 12.1 Å². The number of benzene rings is 1. The third-order valence-electron chi connectivity index (χ3n) is 5.75. The Bertz CT molecular complexity index is 750. The Labute approximate surface area is 174 Å². The van der Waals surface area contributed by atoms with E-state index in [0.29, 0.717) is 6.54 Å². The van der Waals surface area contributed by atoms with Gasteiger partial charge in [-0.25, -0.2) is 0 Å². The van der Waals surface area contributed by atoms with Gasteiger partial charge in [-0.15, -0.1) is 0 Å². The summed E-state index contributed by atoms with van der Waals surface area (Å²) in [6.07, 6.45) is 1.05. The first-order valence-electron chi connectivity index (χ1n) is 10.5. The molecule has 1 unspecified atom stereocenters. The first kappa shape index (κ1) is 21.6. The zero-order valence-electron chi connectivity index (χ0n) is 18.4. The van der Waals surface area contributed by atoms with Gasteiger partial charge in [0.2, 0.25) is 0 Å². The third-order valence-corrected chi connectivity index (χ3v) is 5.75. The molecule has 2 aliphatic heterocycles. The Kier molecular flexibility index (Phi) is 6.49. The van der Waals surface area contributed by atoms with E-state index in [-0.39, 0.29) is 6.04 Å². The van der Waals surface area contributed by atoms with E-state index >= 15 is 0 Å². The van der Waals surface area contributed by atoms with Crippen LogP contribution in [0, 0.1) is 0 Å². The van der Waals surface area contributed by atoms with Crippen LogP contribution in [0.3, 0.4) is 0 Å². The predicted octanol–water partition coefficient (Wildman–Crippen LogP) is 0.998. The van der Waals surface area contributed by atoms with Crippen LogP contribution in [0.2, 0.25) is 0 Å². The van der Waals surface area contributed by atoms with E-state index in [4.69, 9.17) is 0 Å². The first-order valence-corrected chi connectivity index (χ1v) is 10.5. The molecule has 7 nitrogen and oxygen atoms in total. The number of piperazine rings is 1. The molecule has 0 saturated carbocycles. The van der Waals surface area contributed by atoms with Gasteiger partial charge in [-0.3, -0.25) is 14.5 Å². The van der Waals surface area contributed by atoms with Gasteiger partial charge in [0.25, 0.3) is 0 Å². The van der Waals surface area contributed by atoms with Gasteiger partial charge in [0, 0.05) is 57.5 Å². The molecule has 1 saturated heterocycles. The fourth-order valence-corrected chi connectivity index (χ4v) is 4.05. The second-order valence-electron chi connectivity index (χ2n) is 9.33. The standard InChI is InChI=1S/C22H35N5O2/c1-22(2,3)24-21(29)20(28)23-15-19(27-12-10-25(4)11-13-27)16-6-7-18-17(14-16)8-9-26(18)5/h6-7,14,19H,8-13,15H2,1-5H3,(H,23,28)(H,24,29). The second kappa shape index (κ2) is 8.71. The van der Waals surface area contributed by atoms with Crippen molar-refractivity contribution in [3.8, 4) is 0 Å². The monoisotopic (exact) mass is 401 g/mol. The van der Waals surface area contributed by atoms with Gasteiger partial charge in [-0.05, 0) is 51.4 Å². The van der Waals surface area contributed by atoms with Crippen LogP contribution in [0.1, 0.15) is 37.9 Å². The summed E-state index contributed by atoms with van der Waals surface area (Å²) in [7, 11) is 4.26. The minimum Gasteiger partial charge on any atom is -0.374 e. The maximum Gasteiger partial charge on any atom is 0.309 e. The van der Waals surface area contributed by atoms with Crippen molar-refractivity contribution in [1.82, 2.24) is 20.4 Å². The number of anilines is 1. The zero-order chi connectivity index (χ0) is 21.2. The number of amides is 2. The smallest absolute Gasteiger partial charge is 0.309 e. The predicted molar refractivity (Wildman–Crippen MR) is 116 cm³/mol. The van der Waals surface area contributed by atoms with Crippen LogP contribution < -0.4 is 15.5 Å². The van der Waals surface area contributed by atoms with Crippen LogP contribution in [-0.2, 0) is 16.0 Å². The lowest BCUT2D eigenvalue weighted by Gasteiger charge is -2.38. The number of carbonyl (C=O) groups excluding carboxylic acids is 2. The van der Waals surface area contributed by atoms with Crippen molar-refractivity contribution >= 4 is 17.5 Å². The molecular formula is C22H35N5O2. The van der Waals surface area contributed by atoms with Gasteiger partial charge in [0.1, 0.15) is 0 Å². The number of hydrogen-bond donors (Lipinski definition) is 2. The number of rotatable bonds is 4. The summed E-state index contributed by atoms with van der Waals surface area (Å²) >= 11 is 0. The highest BCUT2D eigenvalue weighted by atomic mass is 16.2. The lowest BCUT2D eigenvalue weighted by molar-refractivity contribution is -0.140. The summed E-state index contributed by atoms with van der Waals surface area (Å²) in [5.74, 6) is -1.15. The summed E-state index contributed by atoms with van der Waals surface area (Å²) in [4.78, 5) is 31.6. The van der Waals surface area contributed by atoms with Gasteiger partial charge < -0.3 is 20.4 Å². The molecule has 160 valence electrons. The number of nitrogens with zero attached hydrogens (tertiary/aromatic N) is 3. The van der Waals surface area contributed by atoms with Gasteiger partial charge in [0.05, 0.1) is 6.04 Å². The van der Waals surface area contributed by atoms with Crippen LogP contribution >= 0.6 is 0 Å². The number of fused-ring (bicyclic) bond motifs is 1. The summed E-state index contributed by atoms with van der Waals surface area (Å²) in [5.41, 5.74) is 3.43. The Morgan fingerprint density at radius 3 is 2.38 bits per heavy atom. The molecule has 2 N–H and O–H groups in total. The molecule has 29 heavy (non-hydrogen) atoms. The minimum atomic E-state index is -0.579. The van der Waals surface area contributed by atoms with Gasteiger partial charge in [0.15, 0.2) is 0 Å². The van der Waals surface area contributed by atoms with E-state index in [1.54, 1.807) is 0 Å². The molecule has 0 bridgehead atoms. The summed E-state index contributed by atoms with van der Waals surface area (Å²) in [6, 6.07) is 6.70. The van der Waals surface area contributed by atoms with E-state index in [9.17, 15) is 9.59 Å². The van der Waals surface area contributed by atoms with E-state index in [1.807, 2.05) is 20.8 Å². The molecule has 1 aromatic carbocycles. The van der Waals surface area contributed by atoms with Crippen molar-refractivity contribution < 1.29 is 9.59 Å². The highest BCUT2D eigenvalue weighted by Crippen LogP contribution is 2.31. The minimum absolute atomic E-state index is 0.0614. The Balaban J connectivity index is 1.74. The molecule has 1 fully saturated rings. The van der Waals surface area contributed by atoms with Crippen LogP contribution in [-0.4, -0.2) is 80.5 Å². The molecule has 0 aromatic heterocycles. The molecule has 3 rings (SSSR count). The largest absolute Gasteiger partial charge is 0.374 e. The van der Waals surface area contributed by atoms with Crippen molar-refractivity contribution in [1.29, 1.82) is 0 Å². The normalized spacial score (nSPS) is 19.0. The van der Waals surface area contributed by atoms with Crippen LogP contribution in [0.15, 0.2) is 18.2 Å². The lowest BCUT2D eigenvalue weighted by Crippen LogP contribution is -2.51. The summed E-state index contributed by atoms with van der Waals surface area (Å²) in [6.45, 7) is 11.0. The Hall–Kier alpha value is -2.12. The average molecular weight is 402 g/mol. The molecule has 1 aromatic rings. The number of hydrogen-bond acceptors (Lipinski definition) is 5. The van der Waals surface area contributed by atoms with Crippen LogP contribution in [0.4, 0.5) is 5.69 Å². The third kappa shape index (κ3) is 5.48. The van der Waals surface area contributed by atoms with Crippen molar-refractivity contribution in [2.45, 2.75) is 38.8 Å². The molecule has 0 spiro atoms. The van der Waals surface area contributed by atoms with Crippen molar-refractivity contribution in [3.05, 3.63) is 29.3 Å². The second-order valence-corrected chi connectivity index (χ2v) is 9.33. The number of carbonyl (C=O) groups is 2. The quantitative estimate of drug-likeness (QED) is 0.737. The molecule has 7 heteroatoms. The van der Waals surface area contributed by atoms with Gasteiger partial charge >= 0.3 is 11.8 Å². The molecule has 0 aliphatic carbocycles. The van der Waals surface area contributed by atoms with E-state index < -0.39 is 17.4 Å². The molecule has 2 heterocycles. The van der Waals surface area contributed by atoms with E-state index in [1.165, 1.54) is 16.8 Å². The fourth-order valence-electron chi connectivity index (χ4n) is 4.05. The Morgan fingerprint density at radius 1 is 1.03 bits per heavy atom. The van der Waals surface area contributed by atoms with Crippen LogP contribution in [0.5, 0.6) is 0 Å². The number of nitrogens with one attached hydrogen (secondary N) is 2. The van der Waals surface area contributed by atoms with E-state index in [2.05, 4.69) is 57.6 Å². The summed E-state index contributed by atoms with van der Waals surface area (Å²) in [5, 5.41) is 5.60. The topological polar surface area (TPSA) is 67.9 Å². The fraction of sp³-hybridized carbons (Fsp3) is 0.636. The molecule has 2 amide bonds. The molecule has 1 atom stereocenters. The zero-order valence-corrected chi connectivity index (χ0v) is 18.4. The van der Waals surface area contributed by atoms with Crippen molar-refractivity contribution in [3.63, 3.8) is 0 Å². The maximum absolute atomic E-state index is 12.4. The van der Waals surface area contributed by atoms with Crippen molar-refractivity contribution in [2.75, 3.05) is 58.3 Å². The molecule has 0 radical (unpaired) electrons. The lowest BCUT2D eigenvalue weighted by atomic mass is 10.00. The Morgan fingerprint density at radius 2 is 1.72 bits per heavy atom. The molecular weight excluding hydrogens is 366 g/mol. The SMILES string of the molecule is CN1CCN(C(CNC(=O)C(=O)NC(C)(C)C)c2ccc3c(c2)CCN3C)CC1. The molecule has 2 aliphatic rings. The van der Waals surface area contributed by atoms with Gasteiger partial charge in [-0.2, -0.15) is 0 Å². The average Bonchev–Trinajstić information content (AvgIpc) is 3.02. The maximum atomic E-state index is 12.4. The highest BCUT2D eigenvalue weighted by molar-refractivity contribution is 6.35. The number of likely N-dealkylation sites (N-methyl/N-ethyl adjacent to an activating group) is 2.